The number of amides is 2. The first-order chi connectivity index (χ1) is 10.6. The number of hydrogen-bond donors (Lipinski definition) is 2. The number of nitrogens with two attached hydrogens (primary N) is 1. The van der Waals surface area contributed by atoms with Crippen molar-refractivity contribution in [2.45, 2.75) is 18.5 Å². The number of rotatable bonds is 6. The lowest BCUT2D eigenvalue weighted by Crippen LogP contribution is -2.24. The number of pyridine rings is 1. The molecule has 3 N–H and O–H groups in total. The van der Waals surface area contributed by atoms with E-state index < -0.39 is 5.91 Å². The number of nitrogens with one attached hydrogen (secondary N) is 1. The molecule has 2 aromatic rings. The van der Waals surface area contributed by atoms with Crippen molar-refractivity contribution < 1.29 is 9.59 Å². The van der Waals surface area contributed by atoms with Crippen LogP contribution in [0.25, 0.3) is 0 Å². The van der Waals surface area contributed by atoms with Gasteiger partial charge in [0.05, 0.1) is 11.3 Å². The van der Waals surface area contributed by atoms with E-state index in [9.17, 15) is 9.59 Å². The third kappa shape index (κ3) is 4.33. The first kappa shape index (κ1) is 16.0. The molecule has 1 aromatic carbocycles. The van der Waals surface area contributed by atoms with Gasteiger partial charge in [0.1, 0.15) is 5.03 Å². The predicted molar refractivity (Wildman–Crippen MR) is 86.5 cm³/mol. The van der Waals surface area contributed by atoms with Crippen LogP contribution in [-0.2, 0) is 11.3 Å². The van der Waals surface area contributed by atoms with Crippen LogP contribution in [0.4, 0.5) is 0 Å². The Morgan fingerprint density at radius 2 is 2.00 bits per heavy atom. The summed E-state index contributed by atoms with van der Waals surface area (Å²) >= 11 is 1.16. The molecule has 0 unspecified atom stereocenters. The second kappa shape index (κ2) is 7.61. The van der Waals surface area contributed by atoms with E-state index in [1.54, 1.807) is 18.3 Å². The van der Waals surface area contributed by atoms with E-state index in [1.165, 1.54) is 0 Å². The molecule has 0 spiro atoms. The van der Waals surface area contributed by atoms with Crippen molar-refractivity contribution in [1.29, 1.82) is 0 Å². The van der Waals surface area contributed by atoms with Gasteiger partial charge in [-0.05, 0) is 30.2 Å². The topological polar surface area (TPSA) is 85.1 Å². The molecule has 114 valence electrons. The molecule has 0 saturated carbocycles. The summed E-state index contributed by atoms with van der Waals surface area (Å²) in [5.41, 5.74) is 7.76. The summed E-state index contributed by atoms with van der Waals surface area (Å²) < 4.78 is 0. The largest absolute Gasteiger partial charge is 0.369 e. The van der Waals surface area contributed by atoms with Crippen molar-refractivity contribution in [3.63, 3.8) is 0 Å². The van der Waals surface area contributed by atoms with Gasteiger partial charge < -0.3 is 11.1 Å². The normalized spacial score (nSPS) is 10.2. The fourth-order valence-corrected chi connectivity index (χ4v) is 2.63. The third-order valence-electron chi connectivity index (χ3n) is 3.07. The van der Waals surface area contributed by atoms with Crippen LogP contribution in [-0.4, -0.2) is 22.6 Å². The second-order valence-electron chi connectivity index (χ2n) is 4.72. The Morgan fingerprint density at radius 1 is 1.23 bits per heavy atom. The molecule has 1 aromatic heterocycles. The molecule has 6 heteroatoms. The van der Waals surface area contributed by atoms with Gasteiger partial charge in [-0.3, -0.25) is 9.59 Å². The van der Waals surface area contributed by atoms with Crippen molar-refractivity contribution >= 4 is 23.6 Å². The van der Waals surface area contributed by atoms with Crippen molar-refractivity contribution in [2.75, 3.05) is 5.75 Å². The lowest BCUT2D eigenvalue weighted by molar-refractivity contribution is -0.115. The number of carbonyl (C=O) groups excluding carboxylic acids is 2. The van der Waals surface area contributed by atoms with E-state index in [1.807, 2.05) is 31.2 Å². The summed E-state index contributed by atoms with van der Waals surface area (Å²) in [7, 11) is 0. The molecule has 1 heterocycles. The zero-order valence-electron chi connectivity index (χ0n) is 12.2. The molecule has 0 fully saturated rings. The Balaban J connectivity index is 2.06. The van der Waals surface area contributed by atoms with Gasteiger partial charge >= 0.3 is 0 Å². The van der Waals surface area contributed by atoms with Crippen LogP contribution in [0.3, 0.4) is 0 Å². The Bertz CT molecular complexity index is 689. The van der Waals surface area contributed by atoms with Crippen LogP contribution in [0.15, 0.2) is 47.6 Å². The molecular formula is C16H17N3O2S. The average Bonchev–Trinajstić information content (AvgIpc) is 2.52. The molecule has 0 radical (unpaired) electrons. The highest BCUT2D eigenvalue weighted by Gasteiger charge is 2.13. The molecular weight excluding hydrogens is 298 g/mol. The Morgan fingerprint density at radius 3 is 2.73 bits per heavy atom. The highest BCUT2D eigenvalue weighted by molar-refractivity contribution is 8.00. The van der Waals surface area contributed by atoms with E-state index in [4.69, 9.17) is 5.73 Å². The average molecular weight is 315 g/mol. The Labute approximate surface area is 133 Å². The van der Waals surface area contributed by atoms with E-state index >= 15 is 0 Å². The van der Waals surface area contributed by atoms with Gasteiger partial charge in [0.25, 0.3) is 5.91 Å². The van der Waals surface area contributed by atoms with Gasteiger partial charge in [-0.15, -0.1) is 0 Å². The van der Waals surface area contributed by atoms with Crippen LogP contribution >= 0.6 is 11.8 Å². The Hall–Kier alpha value is -2.34. The zero-order chi connectivity index (χ0) is 15.9. The van der Waals surface area contributed by atoms with Gasteiger partial charge in [-0.1, -0.05) is 36.0 Å². The van der Waals surface area contributed by atoms with Gasteiger partial charge in [0.2, 0.25) is 5.91 Å². The van der Waals surface area contributed by atoms with Crippen LogP contribution < -0.4 is 11.1 Å². The molecule has 0 aliphatic rings. The number of nitrogens with zero attached hydrogens (tertiary/aromatic N) is 1. The first-order valence-corrected chi connectivity index (χ1v) is 7.75. The number of aryl methyl sites for hydroxylation is 1. The van der Waals surface area contributed by atoms with E-state index in [0.29, 0.717) is 17.1 Å². The van der Waals surface area contributed by atoms with Crippen molar-refractivity contribution in [3.8, 4) is 0 Å². The molecule has 0 atom stereocenters. The molecule has 0 saturated heterocycles. The van der Waals surface area contributed by atoms with E-state index in [2.05, 4.69) is 10.3 Å². The number of aromatic nitrogens is 1. The molecule has 2 rings (SSSR count). The predicted octanol–water partition coefficient (Wildman–Crippen LogP) is 1.90. The number of hydrogen-bond acceptors (Lipinski definition) is 4. The summed E-state index contributed by atoms with van der Waals surface area (Å²) in [5.74, 6) is -0.569. The highest BCUT2D eigenvalue weighted by atomic mass is 32.2. The summed E-state index contributed by atoms with van der Waals surface area (Å²) in [6, 6.07) is 11.2. The molecule has 5 nitrogen and oxygen atoms in total. The molecule has 0 aliphatic heterocycles. The standard InChI is InChI=1S/C16H17N3O2S/c1-11-5-2-3-6-12(11)9-19-15(21)13-7-4-8-18-16(13)22-10-14(17)20/h2-8H,9-10H2,1H3,(H2,17,20)(H,19,21). The highest BCUT2D eigenvalue weighted by Crippen LogP contribution is 2.19. The molecule has 0 aliphatic carbocycles. The van der Waals surface area contributed by atoms with Crippen LogP contribution in [0.5, 0.6) is 0 Å². The third-order valence-corrected chi connectivity index (χ3v) is 4.10. The summed E-state index contributed by atoms with van der Waals surface area (Å²) in [6.45, 7) is 2.44. The van der Waals surface area contributed by atoms with Crippen LogP contribution in [0.2, 0.25) is 0 Å². The van der Waals surface area contributed by atoms with Gasteiger partial charge in [-0.2, -0.15) is 0 Å². The SMILES string of the molecule is Cc1ccccc1CNC(=O)c1cccnc1SCC(N)=O. The number of benzene rings is 1. The summed E-state index contributed by atoms with van der Waals surface area (Å²) in [5, 5.41) is 3.38. The fraction of sp³-hybridized carbons (Fsp3) is 0.188. The minimum Gasteiger partial charge on any atom is -0.369 e. The van der Waals surface area contributed by atoms with Gasteiger partial charge in [0, 0.05) is 12.7 Å². The minimum atomic E-state index is -0.443. The quantitative estimate of drug-likeness (QED) is 0.797. The van der Waals surface area contributed by atoms with Gasteiger partial charge in [0.15, 0.2) is 0 Å². The maximum Gasteiger partial charge on any atom is 0.254 e. The maximum absolute atomic E-state index is 12.3. The van der Waals surface area contributed by atoms with Gasteiger partial charge in [-0.25, -0.2) is 4.98 Å². The van der Waals surface area contributed by atoms with Crippen LogP contribution in [0, 0.1) is 6.92 Å². The zero-order valence-corrected chi connectivity index (χ0v) is 13.0. The number of thioether (sulfide) groups is 1. The maximum atomic E-state index is 12.3. The van der Waals surface area contributed by atoms with Crippen LogP contribution in [0.1, 0.15) is 21.5 Å². The molecule has 2 amide bonds. The molecule has 0 bridgehead atoms. The minimum absolute atomic E-state index is 0.0923. The lowest BCUT2D eigenvalue weighted by Gasteiger charge is -2.10. The van der Waals surface area contributed by atoms with Crippen molar-refractivity contribution in [1.82, 2.24) is 10.3 Å². The number of carbonyl (C=O) groups is 2. The van der Waals surface area contributed by atoms with Crippen molar-refractivity contribution in [2.24, 2.45) is 5.73 Å². The first-order valence-electron chi connectivity index (χ1n) is 6.76. The summed E-state index contributed by atoms with van der Waals surface area (Å²) in [4.78, 5) is 27.3. The Kier molecular flexibility index (Phi) is 5.55. The monoisotopic (exact) mass is 315 g/mol. The lowest BCUT2D eigenvalue weighted by atomic mass is 10.1. The van der Waals surface area contributed by atoms with Crippen molar-refractivity contribution in [3.05, 3.63) is 59.3 Å². The second-order valence-corrected chi connectivity index (χ2v) is 5.68. The summed E-state index contributed by atoms with van der Waals surface area (Å²) in [6.07, 6.45) is 1.58. The molecule has 22 heavy (non-hydrogen) atoms. The number of primary amides is 1. The van der Waals surface area contributed by atoms with E-state index in [-0.39, 0.29) is 11.7 Å². The fourth-order valence-electron chi connectivity index (χ4n) is 1.90. The van der Waals surface area contributed by atoms with E-state index in [0.717, 1.165) is 22.9 Å². The smallest absolute Gasteiger partial charge is 0.254 e.